The van der Waals surface area contributed by atoms with E-state index >= 15 is 0 Å². The molecule has 49 valence electrons. The Morgan fingerprint density at radius 2 is 2.30 bits per heavy atom. The summed E-state index contributed by atoms with van der Waals surface area (Å²) in [7, 11) is 0. The first-order valence-electron chi connectivity index (χ1n) is 2.93. The van der Waals surface area contributed by atoms with Crippen molar-refractivity contribution in [1.29, 1.82) is 0 Å². The van der Waals surface area contributed by atoms with Crippen LogP contribution in [-0.2, 0) is 0 Å². The Labute approximate surface area is 63.5 Å². The normalized spacial score (nSPS) is 14.0. The summed E-state index contributed by atoms with van der Waals surface area (Å²) in [5.41, 5.74) is 0.992. The summed E-state index contributed by atoms with van der Waals surface area (Å²) in [6, 6.07) is 7.96. The summed E-state index contributed by atoms with van der Waals surface area (Å²) in [6.45, 7) is 0. The van der Waals surface area contributed by atoms with Gasteiger partial charge in [-0.15, -0.1) is 0 Å². The monoisotopic (exact) mass is 149 g/mol. The number of aliphatic imine (C=N–C) groups is 1. The van der Waals surface area contributed by atoms with Gasteiger partial charge in [0.1, 0.15) is 0 Å². The fourth-order valence-corrected chi connectivity index (χ4v) is 1.36. The average molecular weight is 149 g/mol. The molecule has 0 amide bonds. The van der Waals surface area contributed by atoms with Gasteiger partial charge < -0.3 is 4.72 Å². The molecule has 0 atom stereocenters. The van der Waals surface area contributed by atoms with E-state index in [2.05, 4.69) is 16.1 Å². The van der Waals surface area contributed by atoms with Crippen LogP contribution in [-0.4, -0.2) is 6.34 Å². The third-order valence-electron chi connectivity index (χ3n) is 1.25. The Bertz CT molecular complexity index is 270. The van der Waals surface area contributed by atoms with Crippen LogP contribution in [0.2, 0.25) is 0 Å². The second kappa shape index (κ2) is 2.34. The molecule has 0 unspecified atom stereocenters. The minimum Gasteiger partial charge on any atom is -0.307 e. The number of rotatable bonds is 0. The lowest BCUT2D eigenvalue weighted by molar-refractivity contribution is 1.32. The quantitative estimate of drug-likeness (QED) is 0.569. The van der Waals surface area contributed by atoms with Crippen LogP contribution in [0, 0.1) is 0 Å². The van der Waals surface area contributed by atoms with Gasteiger partial charge in [-0.2, -0.15) is 0 Å². The average Bonchev–Trinajstić information content (AvgIpc) is 2.05. The summed E-state index contributed by atoms with van der Waals surface area (Å²) >= 11 is 1.53. The maximum absolute atomic E-state index is 4.01. The van der Waals surface area contributed by atoms with E-state index < -0.39 is 0 Å². The molecule has 2 rings (SSSR count). The van der Waals surface area contributed by atoms with Crippen molar-refractivity contribution < 1.29 is 0 Å². The first kappa shape index (κ1) is 5.80. The maximum Gasteiger partial charge on any atom is 0.180 e. The highest BCUT2D eigenvalue weighted by molar-refractivity contribution is 7.98. The zero-order chi connectivity index (χ0) is 6.81. The van der Waals surface area contributed by atoms with E-state index in [1.165, 1.54) is 11.9 Å². The number of hydrogen-bond donors (Lipinski definition) is 1. The second-order valence-corrected chi connectivity index (χ2v) is 2.74. The van der Waals surface area contributed by atoms with Crippen LogP contribution in [0.3, 0.4) is 0 Å². The summed E-state index contributed by atoms with van der Waals surface area (Å²) < 4.78 is 2.84. The predicted octanol–water partition coefficient (Wildman–Crippen LogP) is 1.83. The van der Waals surface area contributed by atoms with Crippen LogP contribution in [0.5, 0.6) is 0 Å². The minimum absolute atomic E-state index is 0.992. The minimum atomic E-state index is 0.992. The lowest BCUT2D eigenvalue weighted by Gasteiger charge is -2.06. The van der Waals surface area contributed by atoms with E-state index in [0.717, 1.165) is 10.6 Å². The molecule has 1 aliphatic rings. The van der Waals surface area contributed by atoms with Gasteiger partial charge >= 0.3 is 0 Å². The first-order chi connectivity index (χ1) is 4.97. The van der Waals surface area contributed by atoms with Gasteiger partial charge in [0.2, 0.25) is 0 Å². The van der Waals surface area contributed by atoms with Crippen LogP contribution in [0.25, 0.3) is 0 Å². The van der Waals surface area contributed by atoms with Crippen molar-refractivity contribution in [2.75, 3.05) is 0 Å². The van der Waals surface area contributed by atoms with Gasteiger partial charge in [-0.3, -0.25) is 0 Å². The van der Waals surface area contributed by atoms with E-state index in [4.69, 9.17) is 0 Å². The summed E-state index contributed by atoms with van der Waals surface area (Å²) in [5.74, 6) is 0. The molecule has 1 aromatic carbocycles. The zero-order valence-electron chi connectivity index (χ0n) is 5.16. The number of benzene rings is 1. The summed E-state index contributed by atoms with van der Waals surface area (Å²) in [5, 5.41) is 0. The van der Waals surface area contributed by atoms with E-state index in [1.54, 1.807) is 0 Å². The molecular weight excluding hydrogens is 144 g/mol. The van der Waals surface area contributed by atoms with Crippen molar-refractivity contribution in [3.8, 4) is 0 Å². The van der Waals surface area contributed by atoms with E-state index in [0.29, 0.717) is 0 Å². The van der Waals surface area contributed by atoms with Gasteiger partial charge in [-0.25, -0.2) is 4.99 Å². The molecule has 1 radical (unpaired) electrons. The molecule has 0 fully saturated rings. The SMILES string of the molecule is [C]1=Nc2ccccc2SN1. The molecule has 1 aromatic rings. The van der Waals surface area contributed by atoms with Crippen LogP contribution in [0.4, 0.5) is 5.69 Å². The number of hydrogen-bond acceptors (Lipinski definition) is 3. The van der Waals surface area contributed by atoms with Gasteiger partial charge in [0.25, 0.3) is 0 Å². The number of nitrogens with one attached hydrogen (secondary N) is 1. The molecule has 1 aliphatic heterocycles. The molecule has 0 bridgehead atoms. The predicted molar refractivity (Wildman–Crippen MR) is 42.5 cm³/mol. The molecule has 0 saturated heterocycles. The maximum atomic E-state index is 4.01. The number of para-hydroxylation sites is 1. The van der Waals surface area contributed by atoms with Crippen molar-refractivity contribution in [2.45, 2.75) is 4.90 Å². The smallest absolute Gasteiger partial charge is 0.180 e. The largest absolute Gasteiger partial charge is 0.307 e. The lowest BCUT2D eigenvalue weighted by atomic mass is 10.3. The Kier molecular flexibility index (Phi) is 1.36. The Balaban J connectivity index is 2.54. The highest BCUT2D eigenvalue weighted by Gasteiger charge is 2.02. The topological polar surface area (TPSA) is 24.4 Å². The highest BCUT2D eigenvalue weighted by atomic mass is 32.2. The third-order valence-corrected chi connectivity index (χ3v) is 2.01. The van der Waals surface area contributed by atoms with Gasteiger partial charge in [0.05, 0.1) is 10.6 Å². The third kappa shape index (κ3) is 0.885. The summed E-state index contributed by atoms with van der Waals surface area (Å²) in [6.07, 6.45) is 2.68. The highest BCUT2D eigenvalue weighted by Crippen LogP contribution is 2.28. The molecule has 2 nitrogen and oxygen atoms in total. The fourth-order valence-electron chi connectivity index (χ4n) is 0.797. The van der Waals surface area contributed by atoms with E-state index in [1.807, 2.05) is 24.3 Å². The molecular formula is C7H5N2S. The standard InChI is InChI=1S/C7H5N2S/c1-2-4-7-6(3-1)8-5-9-10-7/h1-4H,(H,8,9). The molecule has 10 heavy (non-hydrogen) atoms. The van der Waals surface area contributed by atoms with E-state index in [9.17, 15) is 0 Å². The van der Waals surface area contributed by atoms with Crippen molar-refractivity contribution in [3.05, 3.63) is 24.3 Å². The number of fused-ring (bicyclic) bond motifs is 1. The molecule has 0 saturated carbocycles. The Morgan fingerprint density at radius 3 is 3.20 bits per heavy atom. The van der Waals surface area contributed by atoms with Gasteiger partial charge in [-0.05, 0) is 24.1 Å². The second-order valence-electron chi connectivity index (χ2n) is 1.90. The van der Waals surface area contributed by atoms with Gasteiger partial charge in [-0.1, -0.05) is 12.1 Å². The number of nitrogens with zero attached hydrogens (tertiary/aromatic N) is 1. The van der Waals surface area contributed by atoms with Crippen LogP contribution in [0.1, 0.15) is 0 Å². The van der Waals surface area contributed by atoms with Crippen molar-refractivity contribution in [2.24, 2.45) is 4.99 Å². The first-order valence-corrected chi connectivity index (χ1v) is 3.75. The lowest BCUT2D eigenvalue weighted by Crippen LogP contribution is -2.01. The van der Waals surface area contributed by atoms with Crippen LogP contribution >= 0.6 is 11.9 Å². The molecule has 1 heterocycles. The molecule has 1 N–H and O–H groups in total. The van der Waals surface area contributed by atoms with Crippen molar-refractivity contribution in [1.82, 2.24) is 4.72 Å². The zero-order valence-corrected chi connectivity index (χ0v) is 5.98. The Morgan fingerprint density at radius 1 is 1.40 bits per heavy atom. The molecule has 0 spiro atoms. The molecule has 0 aliphatic carbocycles. The van der Waals surface area contributed by atoms with Crippen molar-refractivity contribution >= 4 is 24.0 Å². The fraction of sp³-hybridized carbons (Fsp3) is 0. The van der Waals surface area contributed by atoms with Gasteiger partial charge in [0, 0.05) is 0 Å². The van der Waals surface area contributed by atoms with Gasteiger partial charge in [0.15, 0.2) is 6.34 Å². The van der Waals surface area contributed by atoms with Crippen LogP contribution in [0.15, 0.2) is 34.2 Å². The Hall–Kier alpha value is -0.960. The molecule has 3 heteroatoms. The van der Waals surface area contributed by atoms with E-state index in [-0.39, 0.29) is 0 Å². The van der Waals surface area contributed by atoms with Crippen LogP contribution < -0.4 is 4.72 Å². The molecule has 0 aromatic heterocycles. The summed E-state index contributed by atoms with van der Waals surface area (Å²) in [4.78, 5) is 5.16. The van der Waals surface area contributed by atoms with Crippen molar-refractivity contribution in [3.63, 3.8) is 0 Å².